The monoisotopic (exact) mass is 298 g/mol. The molecule has 2 saturated heterocycles. The van der Waals surface area contributed by atoms with E-state index in [-0.39, 0.29) is 18.0 Å². The van der Waals surface area contributed by atoms with Gasteiger partial charge in [-0.2, -0.15) is 13.2 Å². The fourth-order valence-electron chi connectivity index (χ4n) is 3.49. The number of hydrogen-bond acceptors (Lipinski definition) is 2. The van der Waals surface area contributed by atoms with Gasteiger partial charge in [-0.25, -0.2) is 0 Å². The molecular formula is C15H17F3N2O. The van der Waals surface area contributed by atoms with Crippen molar-refractivity contribution in [3.63, 3.8) is 0 Å². The summed E-state index contributed by atoms with van der Waals surface area (Å²) in [7, 11) is 0. The third-order valence-electron chi connectivity index (χ3n) is 4.41. The molecule has 6 heteroatoms. The molecule has 114 valence electrons. The Morgan fingerprint density at radius 1 is 1.10 bits per heavy atom. The van der Waals surface area contributed by atoms with E-state index >= 15 is 0 Å². The first-order valence-electron chi connectivity index (χ1n) is 7.07. The summed E-state index contributed by atoms with van der Waals surface area (Å²) >= 11 is 0. The second kappa shape index (κ2) is 4.93. The Morgan fingerprint density at radius 2 is 1.62 bits per heavy atom. The van der Waals surface area contributed by atoms with Crippen molar-refractivity contribution in [1.29, 1.82) is 0 Å². The molecule has 0 saturated carbocycles. The summed E-state index contributed by atoms with van der Waals surface area (Å²) in [5.41, 5.74) is 0.166. The van der Waals surface area contributed by atoms with Crippen LogP contribution < -0.4 is 4.90 Å². The van der Waals surface area contributed by atoms with Crippen molar-refractivity contribution in [3.05, 3.63) is 29.8 Å². The normalized spacial score (nSPS) is 25.3. The number of alkyl halides is 3. The maximum Gasteiger partial charge on any atom is 0.416 e. The summed E-state index contributed by atoms with van der Waals surface area (Å²) in [6.07, 6.45) is -2.35. The first-order chi connectivity index (χ1) is 9.86. The number of carbonyl (C=O) groups excluding carboxylic acids is 1. The SMILES string of the molecule is CC(=O)N1C2CCC1CN(c1ccc(C(F)(F)F)cc1)C2. The Bertz CT molecular complexity index is 527. The number of amides is 1. The van der Waals surface area contributed by atoms with Crippen LogP contribution in [0.3, 0.4) is 0 Å². The van der Waals surface area contributed by atoms with E-state index in [2.05, 4.69) is 4.90 Å². The van der Waals surface area contributed by atoms with E-state index < -0.39 is 11.7 Å². The van der Waals surface area contributed by atoms with Crippen molar-refractivity contribution < 1.29 is 18.0 Å². The molecule has 2 aliphatic heterocycles. The number of halogens is 3. The topological polar surface area (TPSA) is 23.6 Å². The van der Waals surface area contributed by atoms with Crippen LogP contribution in [-0.4, -0.2) is 36.0 Å². The smallest absolute Gasteiger partial charge is 0.367 e. The average molecular weight is 298 g/mol. The largest absolute Gasteiger partial charge is 0.416 e. The van der Waals surface area contributed by atoms with E-state index in [0.29, 0.717) is 13.1 Å². The fourth-order valence-corrected chi connectivity index (χ4v) is 3.49. The molecule has 3 nitrogen and oxygen atoms in total. The predicted molar refractivity (Wildman–Crippen MR) is 73.0 cm³/mol. The minimum Gasteiger partial charge on any atom is -0.367 e. The lowest BCUT2D eigenvalue weighted by Crippen LogP contribution is -2.55. The Balaban J connectivity index is 1.76. The molecule has 0 aromatic heterocycles. The third-order valence-corrected chi connectivity index (χ3v) is 4.41. The highest BCUT2D eigenvalue weighted by Gasteiger charge is 2.41. The second-order valence-corrected chi connectivity index (χ2v) is 5.76. The van der Waals surface area contributed by atoms with Gasteiger partial charge in [0.25, 0.3) is 0 Å². The molecule has 3 rings (SSSR count). The maximum absolute atomic E-state index is 12.6. The van der Waals surface area contributed by atoms with Gasteiger partial charge in [-0.3, -0.25) is 4.79 Å². The molecule has 2 atom stereocenters. The molecule has 2 aliphatic rings. The Morgan fingerprint density at radius 3 is 2.05 bits per heavy atom. The lowest BCUT2D eigenvalue weighted by atomic mass is 10.1. The molecule has 0 spiro atoms. The number of nitrogens with zero attached hydrogens (tertiary/aromatic N) is 2. The number of benzene rings is 1. The third kappa shape index (κ3) is 2.59. The van der Waals surface area contributed by atoms with Crippen LogP contribution >= 0.6 is 0 Å². The van der Waals surface area contributed by atoms with Gasteiger partial charge in [0.2, 0.25) is 5.91 Å². The van der Waals surface area contributed by atoms with Crippen LogP contribution in [0.15, 0.2) is 24.3 Å². The zero-order valence-corrected chi connectivity index (χ0v) is 11.7. The first-order valence-corrected chi connectivity index (χ1v) is 7.07. The van der Waals surface area contributed by atoms with Gasteiger partial charge in [-0.15, -0.1) is 0 Å². The average Bonchev–Trinajstić information content (AvgIpc) is 2.69. The van der Waals surface area contributed by atoms with Crippen LogP contribution in [0.1, 0.15) is 25.3 Å². The van der Waals surface area contributed by atoms with Crippen molar-refractivity contribution in [2.45, 2.75) is 38.0 Å². The number of anilines is 1. The standard InChI is InChI=1S/C15H17F3N2O/c1-10(21)20-13-6-7-14(20)9-19(8-13)12-4-2-11(3-5-12)15(16,17)18/h2-5,13-14H,6-9H2,1H3. The quantitative estimate of drug-likeness (QED) is 0.796. The zero-order chi connectivity index (χ0) is 15.2. The number of piperazine rings is 1. The van der Waals surface area contributed by atoms with Crippen molar-refractivity contribution in [2.24, 2.45) is 0 Å². The van der Waals surface area contributed by atoms with E-state index in [1.165, 1.54) is 12.1 Å². The van der Waals surface area contributed by atoms with Gasteiger partial charge in [0.15, 0.2) is 0 Å². The van der Waals surface area contributed by atoms with Crippen LogP contribution in [0.2, 0.25) is 0 Å². The highest BCUT2D eigenvalue weighted by Crippen LogP contribution is 2.34. The van der Waals surface area contributed by atoms with Gasteiger partial charge < -0.3 is 9.80 Å². The van der Waals surface area contributed by atoms with Gasteiger partial charge in [-0.05, 0) is 37.1 Å². The van der Waals surface area contributed by atoms with Crippen molar-refractivity contribution in [1.82, 2.24) is 4.90 Å². The summed E-state index contributed by atoms with van der Waals surface area (Å²) in [6, 6.07) is 5.65. The minimum absolute atomic E-state index is 0.0922. The summed E-state index contributed by atoms with van der Waals surface area (Å²) in [5.74, 6) is 0.0922. The molecule has 0 aliphatic carbocycles. The molecule has 2 unspecified atom stereocenters. The van der Waals surface area contributed by atoms with Gasteiger partial charge >= 0.3 is 6.18 Å². The lowest BCUT2D eigenvalue weighted by Gasteiger charge is -2.41. The van der Waals surface area contributed by atoms with Crippen LogP contribution in [0, 0.1) is 0 Å². The van der Waals surface area contributed by atoms with Crippen molar-refractivity contribution in [2.75, 3.05) is 18.0 Å². The van der Waals surface area contributed by atoms with Gasteiger partial charge in [0, 0.05) is 37.8 Å². The van der Waals surface area contributed by atoms with Crippen LogP contribution in [0.25, 0.3) is 0 Å². The van der Waals surface area contributed by atoms with Crippen LogP contribution in [0.5, 0.6) is 0 Å². The number of carbonyl (C=O) groups is 1. The zero-order valence-electron chi connectivity index (χ0n) is 11.7. The first kappa shape index (κ1) is 14.2. The molecular weight excluding hydrogens is 281 g/mol. The van der Waals surface area contributed by atoms with Crippen molar-refractivity contribution >= 4 is 11.6 Å². The number of hydrogen-bond donors (Lipinski definition) is 0. The molecule has 2 fully saturated rings. The van der Waals surface area contributed by atoms with Crippen LogP contribution in [-0.2, 0) is 11.0 Å². The molecule has 1 aromatic carbocycles. The molecule has 0 N–H and O–H groups in total. The van der Waals surface area contributed by atoms with Crippen molar-refractivity contribution in [3.8, 4) is 0 Å². The summed E-state index contributed by atoms with van der Waals surface area (Å²) < 4.78 is 37.7. The van der Waals surface area contributed by atoms with E-state index in [0.717, 1.165) is 30.7 Å². The molecule has 2 bridgehead atoms. The second-order valence-electron chi connectivity index (χ2n) is 5.76. The summed E-state index contributed by atoms with van der Waals surface area (Å²) in [5, 5.41) is 0. The predicted octanol–water partition coefficient (Wildman–Crippen LogP) is 2.90. The van der Waals surface area contributed by atoms with Gasteiger partial charge in [0.05, 0.1) is 5.56 Å². The van der Waals surface area contributed by atoms with Gasteiger partial charge in [-0.1, -0.05) is 0 Å². The molecule has 1 aromatic rings. The molecule has 0 radical (unpaired) electrons. The van der Waals surface area contributed by atoms with E-state index in [9.17, 15) is 18.0 Å². The van der Waals surface area contributed by atoms with E-state index in [4.69, 9.17) is 0 Å². The summed E-state index contributed by atoms with van der Waals surface area (Å²) in [6.45, 7) is 2.97. The van der Waals surface area contributed by atoms with Crippen LogP contribution in [0.4, 0.5) is 18.9 Å². The maximum atomic E-state index is 12.6. The highest BCUT2D eigenvalue weighted by atomic mass is 19.4. The van der Waals surface area contributed by atoms with E-state index in [1.54, 1.807) is 6.92 Å². The molecule has 2 heterocycles. The minimum atomic E-state index is -4.30. The van der Waals surface area contributed by atoms with E-state index in [1.807, 2.05) is 4.90 Å². The fraction of sp³-hybridized carbons (Fsp3) is 0.533. The Hall–Kier alpha value is -1.72. The lowest BCUT2D eigenvalue weighted by molar-refractivity contribution is -0.137. The number of rotatable bonds is 1. The Labute approximate surface area is 121 Å². The highest BCUT2D eigenvalue weighted by molar-refractivity contribution is 5.75. The molecule has 21 heavy (non-hydrogen) atoms. The number of fused-ring (bicyclic) bond motifs is 2. The molecule has 1 amide bonds. The summed E-state index contributed by atoms with van der Waals surface area (Å²) in [4.78, 5) is 15.7. The Kier molecular flexibility index (Phi) is 3.34. The van der Waals surface area contributed by atoms with Gasteiger partial charge in [0.1, 0.15) is 0 Å².